The van der Waals surface area contributed by atoms with Crippen molar-refractivity contribution >= 4 is 0 Å². The third-order valence-electron chi connectivity index (χ3n) is 4.38. The second-order valence-electron chi connectivity index (χ2n) is 6.57. The topological polar surface area (TPSA) is 109 Å². The maximum Gasteiger partial charge on any atom is 0.187 e. The number of hydrogen-bond acceptors (Lipinski definition) is 8. The molecule has 4 aliphatic rings. The number of hydrogen-bond donors (Lipinski definition) is 2. The molecule has 0 aliphatic carbocycles. The van der Waals surface area contributed by atoms with Gasteiger partial charge in [0.15, 0.2) is 25.2 Å². The highest BCUT2D eigenvalue weighted by atomic mass is 16.9. The van der Waals surface area contributed by atoms with E-state index < -0.39 is 5.60 Å². The van der Waals surface area contributed by atoms with Crippen LogP contribution in [-0.2, 0) is 28.4 Å². The first-order valence-corrected chi connectivity index (χ1v) is 7.73. The monoisotopic (exact) mass is 318 g/mol. The molecule has 126 valence electrons. The van der Waals surface area contributed by atoms with Crippen molar-refractivity contribution in [2.24, 2.45) is 0 Å². The van der Waals surface area contributed by atoms with Crippen LogP contribution in [0.2, 0.25) is 0 Å². The highest BCUT2D eigenvalue weighted by Crippen LogP contribution is 2.41. The number of aliphatic hydroxyl groups is 2. The molecule has 8 heteroatoms. The minimum absolute atomic E-state index is 0.103. The van der Waals surface area contributed by atoms with Crippen molar-refractivity contribution in [2.75, 3.05) is 6.61 Å². The summed E-state index contributed by atoms with van der Waals surface area (Å²) < 4.78 is 32.0. The van der Waals surface area contributed by atoms with Gasteiger partial charge in [0.2, 0.25) is 0 Å². The Hall–Kier alpha value is -0.320. The minimum Gasteiger partial charge on any atom is -0.393 e. The van der Waals surface area contributed by atoms with Gasteiger partial charge >= 0.3 is 0 Å². The van der Waals surface area contributed by atoms with E-state index in [0.717, 1.165) is 0 Å². The molecular formula is C14H22O8. The minimum atomic E-state index is -1.27. The van der Waals surface area contributed by atoms with Crippen LogP contribution < -0.4 is 0 Å². The normalized spacial score (nSPS) is 51.3. The molecule has 4 rings (SSSR count). The van der Waals surface area contributed by atoms with Crippen molar-refractivity contribution in [3.63, 3.8) is 0 Å². The number of ether oxygens (including phenoxy) is 6. The second kappa shape index (κ2) is 5.35. The Balaban J connectivity index is 1.19. The number of rotatable bonds is 9. The predicted octanol–water partition coefficient (Wildman–Crippen LogP) is -0.537. The average molecular weight is 318 g/mol. The van der Waals surface area contributed by atoms with E-state index in [1.54, 1.807) is 0 Å². The van der Waals surface area contributed by atoms with Crippen molar-refractivity contribution in [3.8, 4) is 0 Å². The largest absolute Gasteiger partial charge is 0.393 e. The average Bonchev–Trinajstić information content (AvgIpc) is 3.29. The molecule has 8 atom stereocenters. The van der Waals surface area contributed by atoms with E-state index in [-0.39, 0.29) is 69.0 Å². The Morgan fingerprint density at radius 3 is 1.55 bits per heavy atom. The summed E-state index contributed by atoms with van der Waals surface area (Å²) in [6, 6.07) is 0. The van der Waals surface area contributed by atoms with E-state index in [2.05, 4.69) is 0 Å². The first-order valence-electron chi connectivity index (χ1n) is 7.73. The van der Waals surface area contributed by atoms with Crippen molar-refractivity contribution in [1.82, 2.24) is 0 Å². The van der Waals surface area contributed by atoms with Crippen LogP contribution in [0.25, 0.3) is 0 Å². The van der Waals surface area contributed by atoms with Crippen molar-refractivity contribution in [1.29, 1.82) is 0 Å². The molecule has 0 aromatic heterocycles. The Labute approximate surface area is 128 Å². The van der Waals surface area contributed by atoms with Crippen LogP contribution in [0.15, 0.2) is 0 Å². The summed E-state index contributed by atoms with van der Waals surface area (Å²) in [7, 11) is 0. The lowest BCUT2D eigenvalue weighted by atomic mass is 9.93. The molecule has 4 heterocycles. The first-order chi connectivity index (χ1) is 10.5. The molecule has 0 aromatic rings. The summed E-state index contributed by atoms with van der Waals surface area (Å²) in [6.45, 7) is 3.47. The molecule has 4 saturated heterocycles. The van der Waals surface area contributed by atoms with E-state index in [4.69, 9.17) is 28.4 Å². The maximum absolute atomic E-state index is 10.5. The molecule has 0 radical (unpaired) electrons. The fourth-order valence-electron chi connectivity index (χ4n) is 2.63. The summed E-state index contributed by atoms with van der Waals surface area (Å²) >= 11 is 0. The first kappa shape index (κ1) is 15.2. The zero-order chi connectivity index (χ0) is 15.5. The Morgan fingerprint density at radius 2 is 1.23 bits per heavy atom. The van der Waals surface area contributed by atoms with Gasteiger partial charge in [-0.3, -0.25) is 0 Å². The van der Waals surface area contributed by atoms with Crippen molar-refractivity contribution < 1.29 is 38.6 Å². The SMILES string of the molecule is CC1OC1OC1OC1CC(O)(CO)CC1OC1OC1OC1C. The van der Waals surface area contributed by atoms with E-state index in [0.29, 0.717) is 0 Å². The highest BCUT2D eigenvalue weighted by Gasteiger charge is 2.54. The van der Waals surface area contributed by atoms with Crippen molar-refractivity contribution in [3.05, 3.63) is 0 Å². The molecule has 4 fully saturated rings. The summed E-state index contributed by atoms with van der Waals surface area (Å²) in [4.78, 5) is 0. The Kier molecular flexibility index (Phi) is 3.70. The van der Waals surface area contributed by atoms with Gasteiger partial charge in [-0.25, -0.2) is 0 Å². The van der Waals surface area contributed by atoms with Gasteiger partial charge in [0.25, 0.3) is 0 Å². The lowest BCUT2D eigenvalue weighted by Crippen LogP contribution is -2.37. The molecule has 0 saturated carbocycles. The van der Waals surface area contributed by atoms with Gasteiger partial charge in [-0.1, -0.05) is 0 Å². The smallest absolute Gasteiger partial charge is 0.187 e. The third-order valence-corrected chi connectivity index (χ3v) is 4.38. The molecule has 0 spiro atoms. The van der Waals surface area contributed by atoms with Crippen LogP contribution >= 0.6 is 0 Å². The van der Waals surface area contributed by atoms with Crippen LogP contribution in [0.3, 0.4) is 0 Å². The van der Waals surface area contributed by atoms with Gasteiger partial charge in [0.05, 0.1) is 12.2 Å². The van der Waals surface area contributed by atoms with Gasteiger partial charge in [-0.05, 0) is 13.8 Å². The van der Waals surface area contributed by atoms with Crippen LogP contribution in [0, 0.1) is 0 Å². The number of aliphatic hydroxyl groups excluding tert-OH is 1. The molecule has 0 amide bonds. The van der Waals surface area contributed by atoms with Gasteiger partial charge < -0.3 is 38.6 Å². The van der Waals surface area contributed by atoms with Gasteiger partial charge in [-0.15, -0.1) is 0 Å². The molecule has 8 unspecified atom stereocenters. The molecule has 8 nitrogen and oxygen atoms in total. The van der Waals surface area contributed by atoms with Crippen LogP contribution in [0.5, 0.6) is 0 Å². The van der Waals surface area contributed by atoms with Crippen LogP contribution in [-0.4, -0.2) is 72.0 Å². The highest BCUT2D eigenvalue weighted by molar-refractivity contribution is 4.95. The zero-order valence-electron chi connectivity index (χ0n) is 12.6. The standard InChI is InChI=1S/C14H22O8/c1-6-10(17-6)21-12-8(19-12)3-14(16,5-15)4-9-13(20-9)22-11-7(2)18-11/h6-13,15-16H,3-5H2,1-2H3. The molecule has 0 bridgehead atoms. The van der Waals surface area contributed by atoms with Crippen molar-refractivity contribution in [2.45, 2.75) is 81.9 Å². The summed E-state index contributed by atoms with van der Waals surface area (Å²) in [5, 5.41) is 20.0. The van der Waals surface area contributed by atoms with E-state index in [1.165, 1.54) is 0 Å². The fourth-order valence-corrected chi connectivity index (χ4v) is 2.63. The molecule has 22 heavy (non-hydrogen) atoms. The molecule has 0 aromatic carbocycles. The predicted molar refractivity (Wildman–Crippen MR) is 69.4 cm³/mol. The summed E-state index contributed by atoms with van der Waals surface area (Å²) in [5.74, 6) is 0. The summed E-state index contributed by atoms with van der Waals surface area (Å²) in [5.41, 5.74) is -1.27. The quantitative estimate of drug-likeness (QED) is 0.546. The van der Waals surface area contributed by atoms with Gasteiger partial charge in [-0.2, -0.15) is 0 Å². The van der Waals surface area contributed by atoms with E-state index in [1.807, 2.05) is 13.8 Å². The van der Waals surface area contributed by atoms with Gasteiger partial charge in [0, 0.05) is 12.8 Å². The molecular weight excluding hydrogens is 296 g/mol. The van der Waals surface area contributed by atoms with Crippen LogP contribution in [0.4, 0.5) is 0 Å². The maximum atomic E-state index is 10.5. The second-order valence-corrected chi connectivity index (χ2v) is 6.57. The molecule has 2 N–H and O–H groups in total. The van der Waals surface area contributed by atoms with E-state index >= 15 is 0 Å². The van der Waals surface area contributed by atoms with Gasteiger partial charge in [0.1, 0.15) is 24.4 Å². The zero-order valence-corrected chi connectivity index (χ0v) is 12.6. The Morgan fingerprint density at radius 1 is 0.818 bits per heavy atom. The third kappa shape index (κ3) is 3.44. The summed E-state index contributed by atoms with van der Waals surface area (Å²) in [6.07, 6.45) is -0.794. The lowest BCUT2D eigenvalue weighted by Gasteiger charge is -2.24. The van der Waals surface area contributed by atoms with E-state index in [9.17, 15) is 10.2 Å². The molecule has 4 aliphatic heterocycles. The number of epoxide rings is 4. The lowest BCUT2D eigenvalue weighted by molar-refractivity contribution is -0.0395. The van der Waals surface area contributed by atoms with Crippen LogP contribution in [0.1, 0.15) is 26.7 Å². The fraction of sp³-hybridized carbons (Fsp3) is 1.00. The Bertz CT molecular complexity index is 397.